The molecule has 156 valence electrons. The van der Waals surface area contributed by atoms with Crippen LogP contribution in [0.1, 0.15) is 41.6 Å². The van der Waals surface area contributed by atoms with Gasteiger partial charge >= 0.3 is 0 Å². The molecule has 29 heavy (non-hydrogen) atoms. The maximum Gasteiger partial charge on any atom is 0.255 e. The minimum Gasteiger partial charge on any atom is -0.322 e. The number of carbonyl (C=O) groups excluding carboxylic acids is 1. The van der Waals surface area contributed by atoms with Crippen molar-refractivity contribution in [2.24, 2.45) is 0 Å². The Bertz CT molecular complexity index is 934. The van der Waals surface area contributed by atoms with E-state index in [1.165, 1.54) is 42.6 Å². The van der Waals surface area contributed by atoms with Crippen LogP contribution in [0.2, 0.25) is 0 Å². The Labute approximate surface area is 173 Å². The quantitative estimate of drug-likeness (QED) is 0.781. The van der Waals surface area contributed by atoms with Gasteiger partial charge in [0.15, 0.2) is 0 Å². The molecule has 1 aliphatic heterocycles. The topological polar surface area (TPSA) is 69.7 Å². The van der Waals surface area contributed by atoms with Crippen LogP contribution in [0.5, 0.6) is 0 Å². The number of likely N-dealkylation sites (tertiary alicyclic amines) is 1. The van der Waals surface area contributed by atoms with Crippen molar-refractivity contribution in [2.45, 2.75) is 32.2 Å². The molecule has 1 aliphatic rings. The zero-order valence-corrected chi connectivity index (χ0v) is 17.9. The Kier molecular flexibility index (Phi) is 6.92. The highest BCUT2D eigenvalue weighted by Gasteiger charge is 2.14. The van der Waals surface area contributed by atoms with E-state index >= 15 is 0 Å². The van der Waals surface area contributed by atoms with Crippen LogP contribution >= 0.6 is 0 Å². The van der Waals surface area contributed by atoms with Crippen molar-refractivity contribution in [3.8, 4) is 0 Å². The summed E-state index contributed by atoms with van der Waals surface area (Å²) in [5, 5.41) is 2.84. The van der Waals surface area contributed by atoms with Crippen LogP contribution < -0.4 is 9.62 Å². The fourth-order valence-electron chi connectivity index (χ4n) is 3.49. The van der Waals surface area contributed by atoms with Gasteiger partial charge in [0.05, 0.1) is 11.9 Å². The Morgan fingerprint density at radius 2 is 1.69 bits per heavy atom. The minimum atomic E-state index is -3.36. The monoisotopic (exact) mass is 415 g/mol. The van der Waals surface area contributed by atoms with E-state index in [2.05, 4.69) is 10.2 Å². The van der Waals surface area contributed by atoms with Crippen molar-refractivity contribution in [2.75, 3.05) is 36.0 Å². The summed E-state index contributed by atoms with van der Waals surface area (Å²) >= 11 is 0. The molecule has 2 aromatic rings. The van der Waals surface area contributed by atoms with Crippen molar-refractivity contribution < 1.29 is 13.2 Å². The van der Waals surface area contributed by atoms with Gasteiger partial charge in [-0.05, 0) is 61.8 Å². The first-order valence-corrected chi connectivity index (χ1v) is 11.8. The van der Waals surface area contributed by atoms with Crippen LogP contribution in [0.25, 0.3) is 0 Å². The summed E-state index contributed by atoms with van der Waals surface area (Å²) in [6.07, 6.45) is 6.29. The number of nitrogens with zero attached hydrogens (tertiary/aromatic N) is 2. The van der Waals surface area contributed by atoms with Crippen molar-refractivity contribution in [1.29, 1.82) is 0 Å². The van der Waals surface area contributed by atoms with Crippen LogP contribution in [0.3, 0.4) is 0 Å². The van der Waals surface area contributed by atoms with E-state index in [1.807, 2.05) is 24.3 Å². The van der Waals surface area contributed by atoms with Crippen molar-refractivity contribution in [3.05, 3.63) is 59.7 Å². The lowest BCUT2D eigenvalue weighted by Crippen LogP contribution is -2.25. The van der Waals surface area contributed by atoms with Crippen molar-refractivity contribution in [1.82, 2.24) is 4.90 Å². The van der Waals surface area contributed by atoms with Gasteiger partial charge in [0.1, 0.15) is 0 Å². The number of amides is 1. The number of hydrogen-bond acceptors (Lipinski definition) is 4. The zero-order chi connectivity index (χ0) is 20.9. The Morgan fingerprint density at radius 3 is 2.31 bits per heavy atom. The molecule has 0 aromatic heterocycles. The number of sulfonamides is 1. The molecule has 0 bridgehead atoms. The molecule has 1 amide bonds. The number of nitrogens with one attached hydrogen (secondary N) is 1. The Balaban J connectivity index is 1.63. The van der Waals surface area contributed by atoms with Gasteiger partial charge in [-0.25, -0.2) is 8.42 Å². The van der Waals surface area contributed by atoms with Crippen molar-refractivity contribution in [3.63, 3.8) is 0 Å². The van der Waals surface area contributed by atoms with Crippen LogP contribution in [0, 0.1) is 0 Å². The molecule has 6 nitrogen and oxygen atoms in total. The molecule has 0 unspecified atom stereocenters. The second-order valence-electron chi connectivity index (χ2n) is 7.62. The van der Waals surface area contributed by atoms with Gasteiger partial charge in [0, 0.05) is 24.8 Å². The second kappa shape index (κ2) is 9.41. The third kappa shape index (κ3) is 6.05. The normalized spacial score (nSPS) is 15.5. The van der Waals surface area contributed by atoms with Crippen LogP contribution in [0.4, 0.5) is 11.4 Å². The number of benzene rings is 2. The zero-order valence-electron chi connectivity index (χ0n) is 17.1. The molecule has 0 saturated carbocycles. The lowest BCUT2D eigenvalue weighted by Gasteiger charge is -2.19. The molecular weight excluding hydrogens is 386 g/mol. The van der Waals surface area contributed by atoms with E-state index in [0.29, 0.717) is 16.9 Å². The van der Waals surface area contributed by atoms with Crippen LogP contribution in [-0.4, -0.2) is 45.6 Å². The molecule has 3 rings (SSSR count). The largest absolute Gasteiger partial charge is 0.322 e. The van der Waals surface area contributed by atoms with Crippen LogP contribution in [0.15, 0.2) is 48.5 Å². The van der Waals surface area contributed by atoms with E-state index < -0.39 is 10.0 Å². The summed E-state index contributed by atoms with van der Waals surface area (Å²) < 4.78 is 24.6. The summed E-state index contributed by atoms with van der Waals surface area (Å²) in [5.41, 5.74) is 2.83. The third-order valence-electron chi connectivity index (χ3n) is 5.29. The highest BCUT2D eigenvalue weighted by molar-refractivity contribution is 7.92. The smallest absolute Gasteiger partial charge is 0.255 e. The highest BCUT2D eigenvalue weighted by Crippen LogP contribution is 2.21. The van der Waals surface area contributed by atoms with Crippen LogP contribution in [-0.2, 0) is 16.6 Å². The molecule has 1 N–H and O–H groups in total. The molecule has 0 radical (unpaired) electrons. The summed E-state index contributed by atoms with van der Waals surface area (Å²) in [5.74, 6) is -0.217. The maximum absolute atomic E-state index is 12.6. The lowest BCUT2D eigenvalue weighted by atomic mass is 10.1. The standard InChI is InChI=1S/C22H29N3O3S/c1-24(29(2,27)28)21-9-7-8-20(16-21)23-22(26)19-12-10-18(11-13-19)17-25-14-5-3-4-6-15-25/h7-13,16H,3-6,14-15,17H2,1-2H3,(H,23,26). The van der Waals surface area contributed by atoms with Gasteiger partial charge in [-0.2, -0.15) is 0 Å². The number of carbonyl (C=O) groups is 1. The minimum absolute atomic E-state index is 0.217. The average Bonchev–Trinajstić information content (AvgIpc) is 2.96. The van der Waals surface area contributed by atoms with E-state index in [9.17, 15) is 13.2 Å². The van der Waals surface area contributed by atoms with E-state index in [1.54, 1.807) is 24.3 Å². The van der Waals surface area contributed by atoms with Crippen molar-refractivity contribution >= 4 is 27.3 Å². The molecule has 1 fully saturated rings. The highest BCUT2D eigenvalue weighted by atomic mass is 32.2. The fraction of sp³-hybridized carbons (Fsp3) is 0.409. The third-order valence-corrected chi connectivity index (χ3v) is 6.49. The molecule has 0 spiro atoms. The van der Waals surface area contributed by atoms with Gasteiger partial charge in [0.25, 0.3) is 5.91 Å². The summed E-state index contributed by atoms with van der Waals surface area (Å²) in [6, 6.07) is 14.5. The fourth-order valence-corrected chi connectivity index (χ4v) is 3.98. The summed E-state index contributed by atoms with van der Waals surface area (Å²) in [6.45, 7) is 3.20. The predicted molar refractivity (Wildman–Crippen MR) is 118 cm³/mol. The molecule has 0 atom stereocenters. The second-order valence-corrected chi connectivity index (χ2v) is 9.64. The first kappa shape index (κ1) is 21.3. The lowest BCUT2D eigenvalue weighted by molar-refractivity contribution is 0.102. The summed E-state index contributed by atoms with van der Waals surface area (Å²) in [4.78, 5) is 15.1. The first-order valence-electron chi connectivity index (χ1n) is 9.99. The van der Waals surface area contributed by atoms with Gasteiger partial charge in [0.2, 0.25) is 10.0 Å². The maximum atomic E-state index is 12.6. The molecule has 1 heterocycles. The van der Waals surface area contributed by atoms with E-state index in [0.717, 1.165) is 25.9 Å². The van der Waals surface area contributed by atoms with Gasteiger partial charge in [-0.15, -0.1) is 0 Å². The molecule has 7 heteroatoms. The number of anilines is 2. The first-order chi connectivity index (χ1) is 13.8. The number of rotatable bonds is 6. The van der Waals surface area contributed by atoms with Gasteiger partial charge < -0.3 is 5.32 Å². The Morgan fingerprint density at radius 1 is 1.03 bits per heavy atom. The van der Waals surface area contributed by atoms with Gasteiger partial charge in [-0.1, -0.05) is 31.0 Å². The molecule has 1 saturated heterocycles. The molecule has 2 aromatic carbocycles. The molecular formula is C22H29N3O3S. The molecule has 0 aliphatic carbocycles. The van der Waals surface area contributed by atoms with E-state index in [4.69, 9.17) is 0 Å². The summed E-state index contributed by atoms with van der Waals surface area (Å²) in [7, 11) is -1.87. The van der Waals surface area contributed by atoms with Gasteiger partial charge in [-0.3, -0.25) is 14.0 Å². The average molecular weight is 416 g/mol. The SMILES string of the molecule is CN(c1cccc(NC(=O)c2ccc(CN3CCCCCC3)cc2)c1)S(C)(=O)=O. The van der Waals surface area contributed by atoms with E-state index in [-0.39, 0.29) is 5.91 Å². The number of hydrogen-bond donors (Lipinski definition) is 1. The Hall–Kier alpha value is -2.38. The predicted octanol–water partition coefficient (Wildman–Crippen LogP) is 3.71.